The van der Waals surface area contributed by atoms with Crippen LogP contribution < -0.4 is 4.72 Å². The molecule has 0 aliphatic carbocycles. The van der Waals surface area contributed by atoms with Crippen molar-refractivity contribution in [2.75, 3.05) is 13.1 Å². The first-order valence-electron chi connectivity index (χ1n) is 6.86. The molecule has 0 atom stereocenters. The lowest BCUT2D eigenvalue weighted by molar-refractivity contribution is 0.179. The molecule has 1 aromatic carbocycles. The molecule has 0 heterocycles. The summed E-state index contributed by atoms with van der Waals surface area (Å²) in [4.78, 5) is 2.14. The molecule has 0 fully saturated rings. The zero-order valence-corrected chi connectivity index (χ0v) is 15.1. The fourth-order valence-electron chi connectivity index (χ4n) is 2.23. The monoisotopic (exact) mass is 352 g/mol. The maximum atomic E-state index is 12.3. The summed E-state index contributed by atoms with van der Waals surface area (Å²) in [6, 6.07) is 5.33. The Kier molecular flexibility index (Phi) is 6.94. The average molecular weight is 353 g/mol. The van der Waals surface area contributed by atoms with E-state index in [1.54, 1.807) is 6.07 Å². The van der Waals surface area contributed by atoms with Gasteiger partial charge in [0.1, 0.15) is 4.90 Å². The summed E-state index contributed by atoms with van der Waals surface area (Å²) in [6.07, 6.45) is 0. The van der Waals surface area contributed by atoms with Crippen LogP contribution in [0.4, 0.5) is 0 Å². The standard InChI is InChI=1S/C14H22Cl2N2O2S/c1-10(2)18(11(3)4)9-8-17-21(19,20)14-12(15)6-5-7-13(14)16/h5-7,10-11,17H,8-9H2,1-4H3. The van der Waals surface area contributed by atoms with Gasteiger partial charge in [0.25, 0.3) is 0 Å². The molecule has 0 aromatic heterocycles. The third-order valence-electron chi connectivity index (χ3n) is 3.18. The summed E-state index contributed by atoms with van der Waals surface area (Å²) in [5, 5.41) is 0.249. The van der Waals surface area contributed by atoms with E-state index in [0.717, 1.165) is 0 Å². The SMILES string of the molecule is CC(C)N(CCNS(=O)(=O)c1c(Cl)cccc1Cl)C(C)C. The van der Waals surface area contributed by atoms with Crippen LogP contribution in [0, 0.1) is 0 Å². The van der Waals surface area contributed by atoms with Crippen LogP contribution in [0.1, 0.15) is 27.7 Å². The fraction of sp³-hybridized carbons (Fsp3) is 0.571. The maximum absolute atomic E-state index is 12.3. The Morgan fingerprint density at radius 3 is 2.00 bits per heavy atom. The Morgan fingerprint density at radius 1 is 1.10 bits per heavy atom. The van der Waals surface area contributed by atoms with E-state index in [1.165, 1.54) is 12.1 Å². The number of hydrogen-bond acceptors (Lipinski definition) is 3. The maximum Gasteiger partial charge on any atom is 0.243 e. The van der Waals surface area contributed by atoms with E-state index >= 15 is 0 Å². The van der Waals surface area contributed by atoms with Crippen molar-refractivity contribution in [2.45, 2.75) is 44.7 Å². The second-order valence-electron chi connectivity index (χ2n) is 5.37. The molecule has 0 spiro atoms. The van der Waals surface area contributed by atoms with Gasteiger partial charge in [0, 0.05) is 25.2 Å². The number of benzene rings is 1. The van der Waals surface area contributed by atoms with Gasteiger partial charge in [-0.25, -0.2) is 13.1 Å². The molecule has 0 unspecified atom stereocenters. The summed E-state index contributed by atoms with van der Waals surface area (Å²) < 4.78 is 27.2. The smallest absolute Gasteiger partial charge is 0.243 e. The zero-order valence-electron chi connectivity index (χ0n) is 12.7. The van der Waals surface area contributed by atoms with Crippen LogP contribution in [0.5, 0.6) is 0 Å². The second-order valence-corrected chi connectivity index (χ2v) is 7.89. The molecule has 7 heteroatoms. The topological polar surface area (TPSA) is 49.4 Å². The van der Waals surface area contributed by atoms with Crippen molar-refractivity contribution >= 4 is 33.2 Å². The fourth-order valence-corrected chi connectivity index (χ4v) is 4.39. The van der Waals surface area contributed by atoms with E-state index in [0.29, 0.717) is 25.2 Å². The highest BCUT2D eigenvalue weighted by molar-refractivity contribution is 7.89. The first-order chi connectivity index (χ1) is 9.66. The quantitative estimate of drug-likeness (QED) is 0.817. The van der Waals surface area contributed by atoms with Crippen LogP contribution in [-0.2, 0) is 10.0 Å². The first-order valence-corrected chi connectivity index (χ1v) is 9.10. The molecular weight excluding hydrogens is 331 g/mol. The number of halogens is 2. The van der Waals surface area contributed by atoms with Crippen LogP contribution >= 0.6 is 23.2 Å². The molecule has 1 rings (SSSR count). The van der Waals surface area contributed by atoms with Gasteiger partial charge in [0.15, 0.2) is 0 Å². The van der Waals surface area contributed by atoms with Crippen molar-refractivity contribution in [1.29, 1.82) is 0 Å². The van der Waals surface area contributed by atoms with Crippen molar-refractivity contribution < 1.29 is 8.42 Å². The Balaban J connectivity index is 2.79. The van der Waals surface area contributed by atoms with E-state index in [9.17, 15) is 8.42 Å². The van der Waals surface area contributed by atoms with Gasteiger partial charge >= 0.3 is 0 Å². The third-order valence-corrected chi connectivity index (χ3v) is 5.59. The number of nitrogens with one attached hydrogen (secondary N) is 1. The summed E-state index contributed by atoms with van der Waals surface area (Å²) >= 11 is 11.9. The van der Waals surface area contributed by atoms with Crippen LogP contribution in [0.25, 0.3) is 0 Å². The summed E-state index contributed by atoms with van der Waals surface area (Å²) in [5.74, 6) is 0. The molecule has 1 aromatic rings. The molecule has 0 saturated heterocycles. The van der Waals surface area contributed by atoms with Gasteiger partial charge in [-0.3, -0.25) is 4.90 Å². The molecule has 4 nitrogen and oxygen atoms in total. The molecule has 0 saturated carbocycles. The van der Waals surface area contributed by atoms with Gasteiger partial charge in [-0.05, 0) is 39.8 Å². The normalized spacial score (nSPS) is 12.6. The van der Waals surface area contributed by atoms with E-state index in [2.05, 4.69) is 37.3 Å². The number of hydrogen-bond donors (Lipinski definition) is 1. The molecular formula is C14H22Cl2N2O2S. The summed E-state index contributed by atoms with van der Waals surface area (Å²) in [5.41, 5.74) is 0. The van der Waals surface area contributed by atoms with Crippen LogP contribution in [0.15, 0.2) is 23.1 Å². The van der Waals surface area contributed by atoms with Crippen molar-refractivity contribution in [2.24, 2.45) is 0 Å². The predicted molar refractivity (Wildman–Crippen MR) is 88.6 cm³/mol. The Labute approximate surface area is 137 Å². The highest BCUT2D eigenvalue weighted by Gasteiger charge is 2.22. The van der Waals surface area contributed by atoms with Crippen molar-refractivity contribution in [3.63, 3.8) is 0 Å². The number of sulfonamides is 1. The molecule has 0 aliphatic rings. The highest BCUT2D eigenvalue weighted by Crippen LogP contribution is 2.28. The van der Waals surface area contributed by atoms with E-state index in [4.69, 9.17) is 23.2 Å². The minimum absolute atomic E-state index is 0.0611. The van der Waals surface area contributed by atoms with Gasteiger partial charge < -0.3 is 0 Å². The molecule has 21 heavy (non-hydrogen) atoms. The molecule has 0 radical (unpaired) electrons. The highest BCUT2D eigenvalue weighted by atomic mass is 35.5. The van der Waals surface area contributed by atoms with E-state index < -0.39 is 10.0 Å². The van der Waals surface area contributed by atoms with Gasteiger partial charge in [0.2, 0.25) is 10.0 Å². The van der Waals surface area contributed by atoms with E-state index in [-0.39, 0.29) is 14.9 Å². The minimum atomic E-state index is -3.71. The lowest BCUT2D eigenvalue weighted by Crippen LogP contribution is -2.42. The zero-order chi connectivity index (χ0) is 16.2. The van der Waals surface area contributed by atoms with Crippen molar-refractivity contribution in [3.8, 4) is 0 Å². The third kappa shape index (κ3) is 5.11. The summed E-state index contributed by atoms with van der Waals surface area (Å²) in [7, 11) is -3.71. The molecule has 1 N–H and O–H groups in total. The number of rotatable bonds is 7. The van der Waals surface area contributed by atoms with E-state index in [1.807, 2.05) is 0 Å². The lowest BCUT2D eigenvalue weighted by Gasteiger charge is -2.30. The largest absolute Gasteiger partial charge is 0.297 e. The van der Waals surface area contributed by atoms with Crippen LogP contribution in [-0.4, -0.2) is 38.5 Å². The predicted octanol–water partition coefficient (Wildman–Crippen LogP) is 3.39. The van der Waals surface area contributed by atoms with Gasteiger partial charge in [-0.15, -0.1) is 0 Å². The Bertz CT molecular complexity index is 546. The van der Waals surface area contributed by atoms with Gasteiger partial charge in [-0.2, -0.15) is 0 Å². The van der Waals surface area contributed by atoms with Crippen molar-refractivity contribution in [3.05, 3.63) is 28.2 Å². The molecule has 0 amide bonds. The average Bonchev–Trinajstić information content (AvgIpc) is 2.33. The molecule has 120 valence electrons. The van der Waals surface area contributed by atoms with Gasteiger partial charge in [0.05, 0.1) is 10.0 Å². The molecule has 0 bridgehead atoms. The minimum Gasteiger partial charge on any atom is -0.297 e. The van der Waals surface area contributed by atoms with Gasteiger partial charge in [-0.1, -0.05) is 29.3 Å². The summed E-state index contributed by atoms with van der Waals surface area (Å²) in [6.45, 7) is 9.26. The van der Waals surface area contributed by atoms with Crippen molar-refractivity contribution in [1.82, 2.24) is 9.62 Å². The Hall–Kier alpha value is -0.330. The second kappa shape index (κ2) is 7.79. The first kappa shape index (κ1) is 18.7. The lowest BCUT2D eigenvalue weighted by atomic mass is 10.2. The number of nitrogens with zero attached hydrogens (tertiary/aromatic N) is 1. The molecule has 0 aliphatic heterocycles. The van der Waals surface area contributed by atoms with Crippen LogP contribution in [0.2, 0.25) is 10.0 Å². The van der Waals surface area contributed by atoms with Crippen LogP contribution in [0.3, 0.4) is 0 Å². The Morgan fingerprint density at radius 2 is 1.57 bits per heavy atom.